The predicted octanol–water partition coefficient (Wildman–Crippen LogP) is 1.34. The molecule has 0 fully saturated rings. The largest absolute Gasteiger partial charge is 0.439 e. The molecule has 0 aromatic carbocycles. The standard InChI is InChI=1S/C8H6N2O2/c1-5-9-8-7(12-5)3-2-6(4-11)10-8/h2-4H,1H3. The van der Waals surface area contributed by atoms with Crippen LogP contribution in [0.25, 0.3) is 11.2 Å². The predicted molar refractivity (Wildman–Crippen MR) is 41.9 cm³/mol. The second-order valence-electron chi connectivity index (χ2n) is 2.41. The first-order chi connectivity index (χ1) is 5.79. The molecule has 0 unspecified atom stereocenters. The van der Waals surface area contributed by atoms with Gasteiger partial charge in [0.05, 0.1) is 0 Å². The molecule has 0 N–H and O–H groups in total. The lowest BCUT2D eigenvalue weighted by molar-refractivity contribution is 0.111. The summed E-state index contributed by atoms with van der Waals surface area (Å²) in [4.78, 5) is 18.3. The minimum absolute atomic E-state index is 0.371. The lowest BCUT2D eigenvalue weighted by Gasteiger charge is -1.86. The molecular weight excluding hydrogens is 156 g/mol. The van der Waals surface area contributed by atoms with Crippen LogP contribution in [0.1, 0.15) is 16.4 Å². The molecule has 2 aromatic rings. The maximum absolute atomic E-state index is 10.3. The van der Waals surface area contributed by atoms with Crippen molar-refractivity contribution in [3.05, 3.63) is 23.7 Å². The van der Waals surface area contributed by atoms with Crippen LogP contribution in [0.3, 0.4) is 0 Å². The third-order valence-electron chi connectivity index (χ3n) is 1.50. The number of rotatable bonds is 1. The van der Waals surface area contributed by atoms with Crippen molar-refractivity contribution in [2.45, 2.75) is 6.92 Å². The molecule has 0 saturated heterocycles. The van der Waals surface area contributed by atoms with Gasteiger partial charge >= 0.3 is 0 Å². The Morgan fingerprint density at radius 1 is 1.42 bits per heavy atom. The molecule has 2 rings (SSSR count). The highest BCUT2D eigenvalue weighted by atomic mass is 16.3. The van der Waals surface area contributed by atoms with E-state index in [1.165, 1.54) is 0 Å². The maximum atomic E-state index is 10.3. The van der Waals surface area contributed by atoms with Crippen LogP contribution in [0.4, 0.5) is 0 Å². The van der Waals surface area contributed by atoms with Crippen molar-refractivity contribution >= 4 is 17.5 Å². The Hall–Kier alpha value is -1.71. The number of carbonyl (C=O) groups is 1. The monoisotopic (exact) mass is 162 g/mol. The van der Waals surface area contributed by atoms with Crippen LogP contribution < -0.4 is 0 Å². The molecular formula is C8H6N2O2. The summed E-state index contributed by atoms with van der Waals surface area (Å²) < 4.78 is 5.18. The van der Waals surface area contributed by atoms with Gasteiger partial charge in [-0.25, -0.2) is 4.98 Å². The summed E-state index contributed by atoms with van der Waals surface area (Å²) in [6, 6.07) is 3.28. The molecule has 4 nitrogen and oxygen atoms in total. The molecule has 0 saturated carbocycles. The van der Waals surface area contributed by atoms with Gasteiger partial charge in [-0.1, -0.05) is 0 Å². The summed E-state index contributed by atoms with van der Waals surface area (Å²) in [7, 11) is 0. The summed E-state index contributed by atoms with van der Waals surface area (Å²) in [5.74, 6) is 0.556. The third kappa shape index (κ3) is 0.972. The van der Waals surface area contributed by atoms with E-state index in [1.54, 1.807) is 19.1 Å². The Kier molecular flexibility index (Phi) is 1.40. The number of carbonyl (C=O) groups excluding carboxylic acids is 1. The van der Waals surface area contributed by atoms with Gasteiger partial charge in [0.1, 0.15) is 5.69 Å². The van der Waals surface area contributed by atoms with Gasteiger partial charge in [0.2, 0.25) is 0 Å². The van der Waals surface area contributed by atoms with E-state index in [2.05, 4.69) is 9.97 Å². The number of aryl methyl sites for hydroxylation is 1. The highest BCUT2D eigenvalue weighted by Gasteiger charge is 2.03. The van der Waals surface area contributed by atoms with Crippen LogP contribution in [0.15, 0.2) is 16.5 Å². The summed E-state index contributed by atoms with van der Waals surface area (Å²) in [5.41, 5.74) is 1.46. The normalized spacial score (nSPS) is 10.4. The van der Waals surface area contributed by atoms with Crippen LogP contribution in [-0.4, -0.2) is 16.3 Å². The Labute approximate surface area is 68.2 Å². The molecule has 0 aliphatic heterocycles. The minimum atomic E-state index is 0.371. The second kappa shape index (κ2) is 2.41. The second-order valence-corrected chi connectivity index (χ2v) is 2.41. The molecule has 0 bridgehead atoms. The minimum Gasteiger partial charge on any atom is -0.439 e. The van der Waals surface area contributed by atoms with Gasteiger partial charge in [0.25, 0.3) is 0 Å². The SMILES string of the molecule is Cc1nc2nc(C=O)ccc2o1. The number of aldehydes is 1. The first-order valence-corrected chi connectivity index (χ1v) is 3.49. The van der Waals surface area contributed by atoms with Crippen molar-refractivity contribution in [2.75, 3.05) is 0 Å². The quantitative estimate of drug-likeness (QED) is 0.594. The molecule has 0 atom stereocenters. The summed E-state index contributed by atoms with van der Waals surface area (Å²) in [6.07, 6.45) is 0.684. The van der Waals surface area contributed by atoms with E-state index >= 15 is 0 Å². The van der Waals surface area contributed by atoms with Crippen molar-refractivity contribution in [1.29, 1.82) is 0 Å². The zero-order valence-corrected chi connectivity index (χ0v) is 6.44. The fourth-order valence-electron chi connectivity index (χ4n) is 1.01. The molecule has 2 heterocycles. The molecule has 60 valence electrons. The van der Waals surface area contributed by atoms with Gasteiger partial charge in [0, 0.05) is 6.92 Å². The van der Waals surface area contributed by atoms with E-state index in [4.69, 9.17) is 4.42 Å². The van der Waals surface area contributed by atoms with E-state index in [1.807, 2.05) is 0 Å². The molecule has 0 spiro atoms. The zero-order valence-electron chi connectivity index (χ0n) is 6.44. The molecule has 0 radical (unpaired) electrons. The number of fused-ring (bicyclic) bond motifs is 1. The highest BCUT2D eigenvalue weighted by molar-refractivity contribution is 5.77. The average Bonchev–Trinajstić information content (AvgIpc) is 2.43. The average molecular weight is 162 g/mol. The molecule has 0 aliphatic carbocycles. The van der Waals surface area contributed by atoms with Gasteiger partial charge in [-0.15, -0.1) is 0 Å². The van der Waals surface area contributed by atoms with Gasteiger partial charge in [-0.3, -0.25) is 4.79 Å². The number of nitrogens with zero attached hydrogens (tertiary/aromatic N) is 2. The molecule has 4 heteroatoms. The van der Waals surface area contributed by atoms with Crippen LogP contribution in [0.2, 0.25) is 0 Å². The molecule has 12 heavy (non-hydrogen) atoms. The van der Waals surface area contributed by atoms with Gasteiger partial charge in [-0.05, 0) is 12.1 Å². The van der Waals surface area contributed by atoms with Crippen molar-refractivity contribution < 1.29 is 9.21 Å². The fourth-order valence-corrected chi connectivity index (χ4v) is 1.01. The number of pyridine rings is 1. The van der Waals surface area contributed by atoms with Gasteiger partial charge in [0.15, 0.2) is 23.4 Å². The number of oxazole rings is 1. The van der Waals surface area contributed by atoms with Gasteiger partial charge < -0.3 is 4.42 Å². The smallest absolute Gasteiger partial charge is 0.199 e. The molecule has 2 aromatic heterocycles. The Balaban J connectivity index is 2.74. The van der Waals surface area contributed by atoms with Crippen molar-refractivity contribution in [2.24, 2.45) is 0 Å². The van der Waals surface area contributed by atoms with Crippen LogP contribution in [0, 0.1) is 6.92 Å². The van der Waals surface area contributed by atoms with Crippen LogP contribution in [-0.2, 0) is 0 Å². The van der Waals surface area contributed by atoms with E-state index in [0.717, 1.165) is 0 Å². The highest BCUT2D eigenvalue weighted by Crippen LogP contribution is 2.12. The van der Waals surface area contributed by atoms with Crippen molar-refractivity contribution in [1.82, 2.24) is 9.97 Å². The topological polar surface area (TPSA) is 56.0 Å². The molecule has 0 amide bonds. The lowest BCUT2D eigenvalue weighted by atomic mass is 10.4. The van der Waals surface area contributed by atoms with Crippen molar-refractivity contribution in [3.63, 3.8) is 0 Å². The third-order valence-corrected chi connectivity index (χ3v) is 1.50. The number of aromatic nitrogens is 2. The number of hydrogen-bond acceptors (Lipinski definition) is 4. The fraction of sp³-hybridized carbons (Fsp3) is 0.125. The maximum Gasteiger partial charge on any atom is 0.199 e. The zero-order chi connectivity index (χ0) is 8.55. The lowest BCUT2D eigenvalue weighted by Crippen LogP contribution is -1.85. The Morgan fingerprint density at radius 2 is 2.25 bits per heavy atom. The summed E-state index contributed by atoms with van der Waals surface area (Å²) in [6.45, 7) is 1.74. The van der Waals surface area contributed by atoms with Gasteiger partial charge in [-0.2, -0.15) is 4.98 Å². The molecule has 0 aliphatic rings. The van der Waals surface area contributed by atoms with Crippen LogP contribution >= 0.6 is 0 Å². The number of hydrogen-bond donors (Lipinski definition) is 0. The van der Waals surface area contributed by atoms with E-state index < -0.39 is 0 Å². The Morgan fingerprint density at radius 3 is 3.00 bits per heavy atom. The first-order valence-electron chi connectivity index (χ1n) is 3.49. The van der Waals surface area contributed by atoms with E-state index in [-0.39, 0.29) is 0 Å². The van der Waals surface area contributed by atoms with Crippen molar-refractivity contribution in [3.8, 4) is 0 Å². The Bertz CT molecular complexity index is 434. The summed E-state index contributed by atoms with van der Waals surface area (Å²) >= 11 is 0. The summed E-state index contributed by atoms with van der Waals surface area (Å²) in [5, 5.41) is 0. The van der Waals surface area contributed by atoms with Crippen LogP contribution in [0.5, 0.6) is 0 Å². The van der Waals surface area contributed by atoms with E-state index in [0.29, 0.717) is 29.1 Å². The van der Waals surface area contributed by atoms with E-state index in [9.17, 15) is 4.79 Å². The first kappa shape index (κ1) is 6.97.